The first kappa shape index (κ1) is 31.1. The SMILES string of the molecule is CC1CN=CC=C1COc1cccc(C2=C(C(=O)N(Cc3cccc(Cl)c3Cl)C3CC3)CN(C(=O)OC(C)(C)C)CC2)c1. The fraction of sp³-hybridized carbons (Fsp3) is 0.441. The summed E-state index contributed by atoms with van der Waals surface area (Å²) in [6, 6.07) is 13.5. The van der Waals surface area contributed by atoms with Gasteiger partial charge in [0.1, 0.15) is 18.0 Å². The lowest BCUT2D eigenvalue weighted by Crippen LogP contribution is -2.44. The highest BCUT2D eigenvalue weighted by atomic mass is 35.5. The fourth-order valence-electron chi connectivity index (χ4n) is 5.32. The van der Waals surface area contributed by atoms with Gasteiger partial charge in [0.15, 0.2) is 0 Å². The van der Waals surface area contributed by atoms with Crippen molar-refractivity contribution in [3.8, 4) is 5.75 Å². The number of carbonyl (C=O) groups is 2. The van der Waals surface area contributed by atoms with Crippen LogP contribution in [0.2, 0.25) is 10.0 Å². The van der Waals surface area contributed by atoms with Crippen LogP contribution in [0.1, 0.15) is 58.1 Å². The summed E-state index contributed by atoms with van der Waals surface area (Å²) in [5.74, 6) is 0.957. The Morgan fingerprint density at radius 1 is 1.12 bits per heavy atom. The van der Waals surface area contributed by atoms with Crippen LogP contribution in [0.3, 0.4) is 0 Å². The van der Waals surface area contributed by atoms with Crippen LogP contribution in [0.25, 0.3) is 5.57 Å². The average molecular weight is 625 g/mol. The standard InChI is InChI=1S/C34H39Cl2N3O4/c1-22-18-37-15-13-25(22)21-42-27-9-5-7-23(17-27)28-14-16-38(33(41)43-34(2,3)4)20-29(28)32(40)39(26-11-12-26)19-24-8-6-10-30(35)31(24)36/h5-10,13,15,17,22,26H,11-12,14,16,18-21H2,1-4H3. The minimum absolute atomic E-state index is 0.103. The summed E-state index contributed by atoms with van der Waals surface area (Å²) in [6.45, 7) is 9.85. The third-order valence-corrected chi connectivity index (χ3v) is 8.73. The van der Waals surface area contributed by atoms with E-state index in [1.165, 1.54) is 5.57 Å². The van der Waals surface area contributed by atoms with Crippen LogP contribution >= 0.6 is 23.2 Å². The maximum Gasteiger partial charge on any atom is 0.410 e. The number of hydrogen-bond acceptors (Lipinski definition) is 5. The van der Waals surface area contributed by atoms with Gasteiger partial charge < -0.3 is 19.3 Å². The highest BCUT2D eigenvalue weighted by molar-refractivity contribution is 6.42. The molecule has 2 aromatic rings. The minimum Gasteiger partial charge on any atom is -0.489 e. The van der Waals surface area contributed by atoms with Crippen molar-refractivity contribution < 1.29 is 19.1 Å². The predicted octanol–water partition coefficient (Wildman–Crippen LogP) is 7.60. The molecule has 0 spiro atoms. The zero-order chi connectivity index (χ0) is 30.7. The molecule has 3 aliphatic rings. The summed E-state index contributed by atoms with van der Waals surface area (Å²) in [4.78, 5) is 35.4. The van der Waals surface area contributed by atoms with E-state index in [4.69, 9.17) is 32.7 Å². The molecule has 228 valence electrons. The van der Waals surface area contributed by atoms with Crippen molar-refractivity contribution in [2.75, 3.05) is 26.2 Å². The van der Waals surface area contributed by atoms with Gasteiger partial charge in [-0.2, -0.15) is 0 Å². The van der Waals surface area contributed by atoms with Crippen molar-refractivity contribution in [1.29, 1.82) is 0 Å². The maximum absolute atomic E-state index is 14.4. The topological polar surface area (TPSA) is 71.4 Å². The number of halogens is 2. The second-order valence-electron chi connectivity index (χ2n) is 12.5. The Balaban J connectivity index is 1.46. The number of dihydropyridines is 1. The number of benzene rings is 2. The highest BCUT2D eigenvalue weighted by Gasteiger charge is 2.38. The Bertz CT molecular complexity index is 1470. The molecule has 1 saturated carbocycles. The van der Waals surface area contributed by atoms with Crippen LogP contribution in [-0.4, -0.2) is 65.9 Å². The Labute approximate surface area is 264 Å². The summed E-state index contributed by atoms with van der Waals surface area (Å²) < 4.78 is 11.9. The smallest absolute Gasteiger partial charge is 0.410 e. The Morgan fingerprint density at radius 3 is 2.60 bits per heavy atom. The van der Waals surface area contributed by atoms with E-state index in [9.17, 15) is 9.59 Å². The largest absolute Gasteiger partial charge is 0.489 e. The number of carbonyl (C=O) groups excluding carboxylic acids is 2. The summed E-state index contributed by atoms with van der Waals surface area (Å²) in [5, 5.41) is 0.910. The molecule has 0 aromatic heterocycles. The Hall–Kier alpha value is -3.29. The molecule has 0 N–H and O–H groups in total. The third kappa shape index (κ3) is 7.81. The van der Waals surface area contributed by atoms with E-state index in [1.54, 1.807) is 11.0 Å². The summed E-state index contributed by atoms with van der Waals surface area (Å²) in [7, 11) is 0. The van der Waals surface area contributed by atoms with Gasteiger partial charge in [-0.1, -0.05) is 54.4 Å². The molecular weight excluding hydrogens is 585 g/mol. The molecule has 7 nitrogen and oxygen atoms in total. The number of rotatable bonds is 8. The average Bonchev–Trinajstić information content (AvgIpc) is 3.82. The van der Waals surface area contributed by atoms with E-state index >= 15 is 0 Å². The van der Waals surface area contributed by atoms with E-state index < -0.39 is 11.7 Å². The van der Waals surface area contributed by atoms with E-state index in [-0.39, 0.29) is 18.5 Å². The minimum atomic E-state index is -0.641. The molecule has 2 aromatic carbocycles. The van der Waals surface area contributed by atoms with Gasteiger partial charge in [0.05, 0.1) is 16.6 Å². The zero-order valence-corrected chi connectivity index (χ0v) is 26.8. The van der Waals surface area contributed by atoms with E-state index in [2.05, 4.69) is 11.9 Å². The molecule has 0 radical (unpaired) electrons. The monoisotopic (exact) mass is 623 g/mol. The molecule has 0 saturated heterocycles. The number of allylic oxidation sites excluding steroid dienone is 1. The van der Waals surface area contributed by atoms with Crippen LogP contribution in [0.15, 0.2) is 64.7 Å². The quantitative estimate of drug-likeness (QED) is 0.303. The summed E-state index contributed by atoms with van der Waals surface area (Å²) >= 11 is 12.8. The molecule has 5 rings (SSSR count). The van der Waals surface area contributed by atoms with Crippen molar-refractivity contribution in [3.63, 3.8) is 0 Å². The fourth-order valence-corrected chi connectivity index (χ4v) is 5.70. The number of amides is 2. The second-order valence-corrected chi connectivity index (χ2v) is 13.2. The van der Waals surface area contributed by atoms with Crippen molar-refractivity contribution in [2.45, 2.75) is 65.1 Å². The molecule has 9 heteroatoms. The summed E-state index contributed by atoms with van der Waals surface area (Å²) in [6.07, 6.45) is 5.78. The molecule has 43 heavy (non-hydrogen) atoms. The maximum atomic E-state index is 14.4. The van der Waals surface area contributed by atoms with Gasteiger partial charge in [0.25, 0.3) is 5.91 Å². The second kappa shape index (κ2) is 13.1. The van der Waals surface area contributed by atoms with E-state index in [0.717, 1.165) is 41.8 Å². The van der Waals surface area contributed by atoms with Crippen LogP contribution in [0, 0.1) is 5.92 Å². The lowest BCUT2D eigenvalue weighted by molar-refractivity contribution is -0.128. The summed E-state index contributed by atoms with van der Waals surface area (Å²) in [5.41, 5.74) is 3.75. The molecule has 1 aliphatic carbocycles. The van der Waals surface area contributed by atoms with Crippen LogP contribution in [-0.2, 0) is 16.1 Å². The lowest BCUT2D eigenvalue weighted by atomic mass is 9.92. The molecule has 1 atom stereocenters. The van der Waals surface area contributed by atoms with E-state index in [0.29, 0.717) is 47.7 Å². The normalized spacial score (nSPS) is 18.8. The first-order valence-electron chi connectivity index (χ1n) is 14.9. The van der Waals surface area contributed by atoms with Gasteiger partial charge in [-0.25, -0.2) is 4.79 Å². The van der Waals surface area contributed by atoms with Crippen molar-refractivity contribution >= 4 is 47.0 Å². The van der Waals surface area contributed by atoms with Crippen LogP contribution < -0.4 is 4.74 Å². The number of hydrogen-bond donors (Lipinski definition) is 0. The number of ether oxygens (including phenoxy) is 2. The van der Waals surface area contributed by atoms with Gasteiger partial charge in [-0.05, 0) is 86.6 Å². The highest BCUT2D eigenvalue weighted by Crippen LogP contribution is 2.37. The van der Waals surface area contributed by atoms with Gasteiger partial charge >= 0.3 is 6.09 Å². The Morgan fingerprint density at radius 2 is 1.88 bits per heavy atom. The van der Waals surface area contributed by atoms with Crippen molar-refractivity contribution in [1.82, 2.24) is 9.80 Å². The van der Waals surface area contributed by atoms with Crippen molar-refractivity contribution in [3.05, 3.63) is 80.9 Å². The third-order valence-electron chi connectivity index (χ3n) is 7.87. The Kier molecular flexibility index (Phi) is 9.52. The predicted molar refractivity (Wildman–Crippen MR) is 172 cm³/mol. The number of aliphatic imine (C=N–C) groups is 1. The van der Waals surface area contributed by atoms with Gasteiger partial charge in [-0.3, -0.25) is 9.79 Å². The zero-order valence-electron chi connectivity index (χ0n) is 25.2. The molecule has 2 heterocycles. The van der Waals surface area contributed by atoms with Crippen LogP contribution in [0.4, 0.5) is 4.79 Å². The molecule has 1 fully saturated rings. The lowest BCUT2D eigenvalue weighted by Gasteiger charge is -2.34. The molecule has 0 bridgehead atoms. The van der Waals surface area contributed by atoms with Gasteiger partial charge in [-0.15, -0.1) is 0 Å². The molecule has 1 unspecified atom stereocenters. The van der Waals surface area contributed by atoms with Crippen molar-refractivity contribution in [2.24, 2.45) is 10.9 Å². The van der Waals surface area contributed by atoms with Gasteiger partial charge in [0, 0.05) is 43.4 Å². The number of nitrogens with zero attached hydrogens (tertiary/aromatic N) is 3. The molecular formula is C34H39Cl2N3O4. The van der Waals surface area contributed by atoms with E-state index in [1.807, 2.05) is 74.4 Å². The van der Waals surface area contributed by atoms with Crippen LogP contribution in [0.5, 0.6) is 5.75 Å². The molecule has 2 amide bonds. The first-order chi connectivity index (χ1) is 20.5. The van der Waals surface area contributed by atoms with Gasteiger partial charge in [0.2, 0.25) is 0 Å². The first-order valence-corrected chi connectivity index (χ1v) is 15.6. The molecule has 2 aliphatic heterocycles.